The zero-order chi connectivity index (χ0) is 12.3. The molecule has 3 nitrogen and oxygen atoms in total. The molecule has 1 aromatic carbocycles. The molecule has 0 fully saturated rings. The van der Waals surface area contributed by atoms with Crippen molar-refractivity contribution in [3.05, 3.63) is 35.6 Å². The van der Waals surface area contributed by atoms with Gasteiger partial charge in [-0.3, -0.25) is 9.59 Å². The van der Waals surface area contributed by atoms with Gasteiger partial charge in [-0.25, -0.2) is 0 Å². The smallest absolute Gasteiger partial charge is 0.198 e. The molecule has 17 heavy (non-hydrogen) atoms. The maximum absolute atomic E-state index is 11.8. The van der Waals surface area contributed by atoms with Crippen LogP contribution in [0.5, 0.6) is 0 Å². The molecule has 0 saturated carbocycles. The summed E-state index contributed by atoms with van der Waals surface area (Å²) in [6.45, 7) is 2.04. The van der Waals surface area contributed by atoms with Crippen LogP contribution in [0.15, 0.2) is 28.7 Å². The van der Waals surface area contributed by atoms with E-state index in [4.69, 9.17) is 4.42 Å². The molecule has 0 unspecified atom stereocenters. The van der Waals surface area contributed by atoms with Crippen molar-refractivity contribution >= 4 is 23.0 Å². The molecule has 2 rings (SSSR count). The molecule has 0 spiro atoms. The Morgan fingerprint density at radius 3 is 2.88 bits per heavy atom. The number of rotatable bonds is 5. The number of furan rings is 1. The summed E-state index contributed by atoms with van der Waals surface area (Å²) in [5.41, 5.74) is 1.24. The van der Waals surface area contributed by atoms with Crippen LogP contribution in [0.3, 0.4) is 0 Å². The molecule has 3 heteroatoms. The lowest BCUT2D eigenvalue weighted by Crippen LogP contribution is -1.95. The van der Waals surface area contributed by atoms with Crippen LogP contribution in [0, 0.1) is 0 Å². The molecule has 0 radical (unpaired) electrons. The van der Waals surface area contributed by atoms with Gasteiger partial charge in [-0.1, -0.05) is 13.3 Å². The van der Waals surface area contributed by atoms with E-state index in [1.54, 1.807) is 24.3 Å². The molecule has 0 bridgehead atoms. The summed E-state index contributed by atoms with van der Waals surface area (Å²) < 4.78 is 5.46. The Morgan fingerprint density at radius 2 is 2.18 bits per heavy atom. The molecule has 2 aromatic rings. The van der Waals surface area contributed by atoms with Gasteiger partial charge in [-0.2, -0.15) is 0 Å². The molecule has 1 heterocycles. The van der Waals surface area contributed by atoms with E-state index < -0.39 is 0 Å². The van der Waals surface area contributed by atoms with E-state index >= 15 is 0 Å². The average molecular weight is 230 g/mol. The average Bonchev–Trinajstić information content (AvgIpc) is 2.78. The second-order valence-electron chi connectivity index (χ2n) is 4.05. The fraction of sp³-hybridized carbons (Fsp3) is 0.286. The largest absolute Gasteiger partial charge is 0.453 e. The standard InChI is InChI=1S/C14H14O3/c1-2-3-4-12(16)14-8-11-7-10(9-15)5-6-13(11)17-14/h5-9H,2-4H2,1H3. The molecule has 0 aliphatic rings. The van der Waals surface area contributed by atoms with Crippen LogP contribution in [0.25, 0.3) is 11.0 Å². The Balaban J connectivity index is 2.31. The Morgan fingerprint density at radius 1 is 1.35 bits per heavy atom. The minimum absolute atomic E-state index is 0.0238. The van der Waals surface area contributed by atoms with E-state index in [0.717, 1.165) is 24.5 Å². The summed E-state index contributed by atoms with van der Waals surface area (Å²) in [6, 6.07) is 6.83. The lowest BCUT2D eigenvalue weighted by Gasteiger charge is -1.93. The summed E-state index contributed by atoms with van der Waals surface area (Å²) >= 11 is 0. The first-order valence-electron chi connectivity index (χ1n) is 5.76. The van der Waals surface area contributed by atoms with Gasteiger partial charge in [0.15, 0.2) is 11.5 Å². The Kier molecular flexibility index (Phi) is 3.38. The van der Waals surface area contributed by atoms with E-state index in [-0.39, 0.29) is 5.78 Å². The SMILES string of the molecule is CCCCC(=O)c1cc2cc(C=O)ccc2o1. The van der Waals surface area contributed by atoms with Crippen LogP contribution in [-0.4, -0.2) is 12.1 Å². The first kappa shape index (κ1) is 11.6. The summed E-state index contributed by atoms with van der Waals surface area (Å²) in [5.74, 6) is 0.409. The molecule has 1 aromatic heterocycles. The van der Waals surface area contributed by atoms with Crippen LogP contribution in [0.1, 0.15) is 47.1 Å². The Labute approximate surface area is 99.4 Å². The van der Waals surface area contributed by atoms with Gasteiger partial charge >= 0.3 is 0 Å². The summed E-state index contributed by atoms with van der Waals surface area (Å²) in [7, 11) is 0. The third-order valence-electron chi connectivity index (χ3n) is 2.71. The zero-order valence-corrected chi connectivity index (χ0v) is 9.73. The highest BCUT2D eigenvalue weighted by Gasteiger charge is 2.11. The first-order chi connectivity index (χ1) is 8.24. The minimum atomic E-state index is 0.0238. The van der Waals surface area contributed by atoms with Gasteiger partial charge in [0.1, 0.15) is 11.9 Å². The number of fused-ring (bicyclic) bond motifs is 1. The normalized spacial score (nSPS) is 10.6. The van der Waals surface area contributed by atoms with Crippen molar-refractivity contribution in [2.24, 2.45) is 0 Å². The van der Waals surface area contributed by atoms with Gasteiger partial charge in [0, 0.05) is 17.4 Å². The van der Waals surface area contributed by atoms with Crippen molar-refractivity contribution in [2.45, 2.75) is 26.2 Å². The van der Waals surface area contributed by atoms with E-state index in [1.165, 1.54) is 0 Å². The number of unbranched alkanes of at least 4 members (excludes halogenated alkanes) is 1. The molecule has 0 aliphatic carbocycles. The van der Waals surface area contributed by atoms with Crippen molar-refractivity contribution in [3.8, 4) is 0 Å². The third kappa shape index (κ3) is 2.44. The van der Waals surface area contributed by atoms with Crippen molar-refractivity contribution in [1.82, 2.24) is 0 Å². The maximum atomic E-state index is 11.8. The molecule has 0 atom stereocenters. The van der Waals surface area contributed by atoms with Crippen LogP contribution in [-0.2, 0) is 0 Å². The van der Waals surface area contributed by atoms with Crippen molar-refractivity contribution < 1.29 is 14.0 Å². The van der Waals surface area contributed by atoms with Crippen LogP contribution < -0.4 is 0 Å². The van der Waals surface area contributed by atoms with Crippen LogP contribution in [0.2, 0.25) is 0 Å². The van der Waals surface area contributed by atoms with Gasteiger partial charge in [-0.05, 0) is 30.7 Å². The number of aldehydes is 1. The molecular formula is C14H14O3. The maximum Gasteiger partial charge on any atom is 0.198 e. The van der Waals surface area contributed by atoms with E-state index in [2.05, 4.69) is 0 Å². The number of benzene rings is 1. The molecular weight excluding hydrogens is 216 g/mol. The lowest BCUT2D eigenvalue weighted by atomic mass is 10.1. The van der Waals surface area contributed by atoms with E-state index in [1.807, 2.05) is 6.92 Å². The fourth-order valence-corrected chi connectivity index (χ4v) is 1.73. The van der Waals surface area contributed by atoms with Crippen molar-refractivity contribution in [3.63, 3.8) is 0 Å². The second kappa shape index (κ2) is 4.95. The molecule has 0 aliphatic heterocycles. The summed E-state index contributed by atoms with van der Waals surface area (Å²) in [6.07, 6.45) is 3.15. The number of Topliss-reactive ketones (excluding diaryl/α,β-unsaturated/α-hetero) is 1. The second-order valence-corrected chi connectivity index (χ2v) is 4.05. The fourth-order valence-electron chi connectivity index (χ4n) is 1.73. The molecule has 0 saturated heterocycles. The highest BCUT2D eigenvalue weighted by molar-refractivity contribution is 5.98. The minimum Gasteiger partial charge on any atom is -0.453 e. The summed E-state index contributed by atoms with van der Waals surface area (Å²) in [5, 5.41) is 0.800. The molecule has 0 N–H and O–H groups in total. The van der Waals surface area contributed by atoms with Crippen LogP contribution in [0.4, 0.5) is 0 Å². The highest BCUT2D eigenvalue weighted by Crippen LogP contribution is 2.21. The lowest BCUT2D eigenvalue weighted by molar-refractivity contribution is 0.0954. The van der Waals surface area contributed by atoms with Gasteiger partial charge in [0.05, 0.1) is 0 Å². The quantitative estimate of drug-likeness (QED) is 0.582. The molecule has 0 amide bonds. The van der Waals surface area contributed by atoms with Gasteiger partial charge in [-0.15, -0.1) is 0 Å². The third-order valence-corrected chi connectivity index (χ3v) is 2.71. The van der Waals surface area contributed by atoms with E-state index in [0.29, 0.717) is 23.3 Å². The van der Waals surface area contributed by atoms with Crippen molar-refractivity contribution in [2.75, 3.05) is 0 Å². The van der Waals surface area contributed by atoms with Gasteiger partial charge < -0.3 is 4.42 Å². The number of ketones is 1. The van der Waals surface area contributed by atoms with Gasteiger partial charge in [0.2, 0.25) is 0 Å². The first-order valence-corrected chi connectivity index (χ1v) is 5.76. The number of hydrogen-bond acceptors (Lipinski definition) is 3. The topological polar surface area (TPSA) is 47.3 Å². The predicted molar refractivity (Wildman–Crippen MR) is 65.5 cm³/mol. The number of carbonyl (C=O) groups excluding carboxylic acids is 2. The Hall–Kier alpha value is -1.90. The number of hydrogen-bond donors (Lipinski definition) is 0. The Bertz CT molecular complexity index is 552. The van der Waals surface area contributed by atoms with Crippen LogP contribution >= 0.6 is 0 Å². The molecule has 88 valence electrons. The monoisotopic (exact) mass is 230 g/mol. The summed E-state index contributed by atoms with van der Waals surface area (Å²) in [4.78, 5) is 22.4. The zero-order valence-electron chi connectivity index (χ0n) is 9.73. The highest BCUT2D eigenvalue weighted by atomic mass is 16.3. The van der Waals surface area contributed by atoms with E-state index in [9.17, 15) is 9.59 Å². The van der Waals surface area contributed by atoms with Gasteiger partial charge in [0.25, 0.3) is 0 Å². The van der Waals surface area contributed by atoms with Crippen molar-refractivity contribution in [1.29, 1.82) is 0 Å². The predicted octanol–water partition coefficient (Wildman–Crippen LogP) is 3.62. The number of carbonyl (C=O) groups is 2.